The molecule has 1 atom stereocenters. The molecular weight excluding hydrogens is 239 g/mol. The molecule has 1 aliphatic rings. The molecule has 100 valence electrons. The van der Waals surface area contributed by atoms with Crippen molar-refractivity contribution in [2.45, 2.75) is 19.9 Å². The zero-order chi connectivity index (χ0) is 13.8. The summed E-state index contributed by atoms with van der Waals surface area (Å²) in [6, 6.07) is 6.63. The van der Waals surface area contributed by atoms with Gasteiger partial charge in [-0.1, -0.05) is 29.9 Å². The molecule has 0 saturated carbocycles. The van der Waals surface area contributed by atoms with E-state index in [9.17, 15) is 4.39 Å². The highest BCUT2D eigenvalue weighted by atomic mass is 19.1. The molecule has 0 radical (unpaired) electrons. The average molecular weight is 258 g/mol. The quantitative estimate of drug-likeness (QED) is 0.833. The molecule has 0 saturated heterocycles. The molecule has 1 aromatic carbocycles. The van der Waals surface area contributed by atoms with Crippen LogP contribution in [0.15, 0.2) is 59.7 Å². The molecular formula is C16H19FN2. The maximum absolute atomic E-state index is 13.0. The van der Waals surface area contributed by atoms with Crippen molar-refractivity contribution in [3.05, 3.63) is 65.5 Å². The van der Waals surface area contributed by atoms with Crippen LogP contribution in [0.25, 0.3) is 0 Å². The number of nitrogens with zero attached hydrogens (tertiary/aromatic N) is 1. The predicted octanol–water partition coefficient (Wildman–Crippen LogP) is 3.60. The molecule has 0 bridgehead atoms. The summed E-state index contributed by atoms with van der Waals surface area (Å²) in [6.45, 7) is 4.20. The van der Waals surface area contributed by atoms with E-state index >= 15 is 0 Å². The third kappa shape index (κ3) is 2.93. The summed E-state index contributed by atoms with van der Waals surface area (Å²) in [7, 11) is 1.87. The van der Waals surface area contributed by atoms with Crippen molar-refractivity contribution in [1.29, 1.82) is 0 Å². The van der Waals surface area contributed by atoms with Crippen LogP contribution in [0, 0.1) is 5.82 Å². The Morgan fingerprint density at radius 1 is 1.16 bits per heavy atom. The van der Waals surface area contributed by atoms with E-state index in [0.717, 1.165) is 5.69 Å². The van der Waals surface area contributed by atoms with Crippen LogP contribution in [-0.4, -0.2) is 13.1 Å². The smallest absolute Gasteiger partial charge is 0.123 e. The molecule has 1 unspecified atom stereocenters. The van der Waals surface area contributed by atoms with E-state index in [1.807, 2.05) is 24.2 Å². The molecule has 0 fully saturated rings. The number of hydrogen-bond acceptors (Lipinski definition) is 2. The van der Waals surface area contributed by atoms with Crippen LogP contribution in [0.1, 0.15) is 13.8 Å². The first-order valence-corrected chi connectivity index (χ1v) is 6.38. The fraction of sp³-hybridized carbons (Fsp3) is 0.250. The Morgan fingerprint density at radius 2 is 1.84 bits per heavy atom. The zero-order valence-corrected chi connectivity index (χ0v) is 11.5. The van der Waals surface area contributed by atoms with Gasteiger partial charge in [-0.05, 0) is 43.7 Å². The Kier molecular flexibility index (Phi) is 4.17. The molecule has 0 aromatic heterocycles. The Balaban J connectivity index is 2.36. The molecule has 3 heteroatoms. The first-order valence-electron chi connectivity index (χ1n) is 6.38. The first kappa shape index (κ1) is 13.6. The lowest BCUT2D eigenvalue weighted by molar-refractivity contribution is 0.624. The molecule has 19 heavy (non-hydrogen) atoms. The zero-order valence-electron chi connectivity index (χ0n) is 11.5. The maximum atomic E-state index is 13.0. The van der Waals surface area contributed by atoms with Gasteiger partial charge in [0.2, 0.25) is 0 Å². The number of anilines is 1. The fourth-order valence-electron chi connectivity index (χ4n) is 2.25. The topological polar surface area (TPSA) is 15.3 Å². The minimum atomic E-state index is -0.221. The van der Waals surface area contributed by atoms with Crippen LogP contribution >= 0.6 is 0 Å². The average Bonchev–Trinajstić information content (AvgIpc) is 2.42. The van der Waals surface area contributed by atoms with Crippen LogP contribution in [0.2, 0.25) is 0 Å². The van der Waals surface area contributed by atoms with Gasteiger partial charge in [0.05, 0.1) is 11.7 Å². The monoisotopic (exact) mass is 258 g/mol. The van der Waals surface area contributed by atoms with Crippen molar-refractivity contribution in [1.82, 2.24) is 5.43 Å². The van der Waals surface area contributed by atoms with Gasteiger partial charge >= 0.3 is 0 Å². The molecule has 0 amide bonds. The van der Waals surface area contributed by atoms with Gasteiger partial charge in [-0.2, -0.15) is 0 Å². The lowest BCUT2D eigenvalue weighted by Crippen LogP contribution is -2.44. The number of halogens is 1. The largest absolute Gasteiger partial charge is 0.297 e. The van der Waals surface area contributed by atoms with Gasteiger partial charge in [0.25, 0.3) is 0 Å². The highest BCUT2D eigenvalue weighted by Gasteiger charge is 2.20. The highest BCUT2D eigenvalue weighted by Crippen LogP contribution is 2.25. The number of benzene rings is 1. The summed E-state index contributed by atoms with van der Waals surface area (Å²) in [5.74, 6) is -0.221. The summed E-state index contributed by atoms with van der Waals surface area (Å²) < 4.78 is 13.0. The Morgan fingerprint density at radius 3 is 2.42 bits per heavy atom. The number of allylic oxidation sites excluding steroid dienone is 3. The molecule has 2 nitrogen and oxygen atoms in total. The number of rotatable bonds is 3. The van der Waals surface area contributed by atoms with E-state index in [1.54, 1.807) is 12.1 Å². The van der Waals surface area contributed by atoms with Crippen molar-refractivity contribution < 1.29 is 4.39 Å². The number of hydrogen-bond donors (Lipinski definition) is 1. The molecule has 1 aliphatic carbocycles. The second-order valence-electron chi connectivity index (χ2n) is 4.71. The van der Waals surface area contributed by atoms with E-state index in [0.29, 0.717) is 0 Å². The number of nitrogens with one attached hydrogen (secondary N) is 1. The van der Waals surface area contributed by atoms with Crippen LogP contribution in [0.3, 0.4) is 0 Å². The van der Waals surface area contributed by atoms with Gasteiger partial charge in [-0.3, -0.25) is 5.01 Å². The Bertz CT molecular complexity index is 522. The standard InChI is InChI=1S/C16H19FN2/c1-12(2)15-6-4-5-7-16(15)19(18-3)14-10-8-13(17)9-11-14/h4-11,16,18H,1-3H3. The maximum Gasteiger partial charge on any atom is 0.123 e. The van der Waals surface area contributed by atoms with Crippen LogP contribution in [-0.2, 0) is 0 Å². The summed E-state index contributed by atoms with van der Waals surface area (Å²) >= 11 is 0. The van der Waals surface area contributed by atoms with Gasteiger partial charge in [0, 0.05) is 7.05 Å². The summed E-state index contributed by atoms with van der Waals surface area (Å²) in [4.78, 5) is 0. The van der Waals surface area contributed by atoms with E-state index in [4.69, 9.17) is 0 Å². The van der Waals surface area contributed by atoms with Crippen LogP contribution in [0.4, 0.5) is 10.1 Å². The van der Waals surface area contributed by atoms with Crippen molar-refractivity contribution in [3.8, 4) is 0 Å². The van der Waals surface area contributed by atoms with Gasteiger partial charge in [0.15, 0.2) is 0 Å². The predicted molar refractivity (Wildman–Crippen MR) is 78.4 cm³/mol. The van der Waals surface area contributed by atoms with Gasteiger partial charge in [0.1, 0.15) is 5.82 Å². The third-order valence-corrected chi connectivity index (χ3v) is 3.20. The SMILES string of the molecule is CNN(c1ccc(F)cc1)C1C=CC=CC1=C(C)C. The first-order chi connectivity index (χ1) is 9.13. The van der Waals surface area contributed by atoms with Crippen molar-refractivity contribution >= 4 is 5.69 Å². The Hall–Kier alpha value is -1.87. The van der Waals surface area contributed by atoms with Crippen molar-refractivity contribution in [2.75, 3.05) is 12.1 Å². The molecule has 2 rings (SSSR count). The van der Waals surface area contributed by atoms with E-state index in [-0.39, 0.29) is 11.9 Å². The second kappa shape index (κ2) is 5.85. The minimum Gasteiger partial charge on any atom is -0.297 e. The fourth-order valence-corrected chi connectivity index (χ4v) is 2.25. The van der Waals surface area contributed by atoms with E-state index in [2.05, 4.69) is 31.4 Å². The van der Waals surface area contributed by atoms with Crippen molar-refractivity contribution in [3.63, 3.8) is 0 Å². The lowest BCUT2D eigenvalue weighted by atomic mass is 9.97. The van der Waals surface area contributed by atoms with E-state index in [1.165, 1.54) is 23.3 Å². The number of hydrazine groups is 1. The third-order valence-electron chi connectivity index (χ3n) is 3.20. The molecule has 0 spiro atoms. The van der Waals surface area contributed by atoms with Gasteiger partial charge in [-0.15, -0.1) is 0 Å². The van der Waals surface area contributed by atoms with Crippen LogP contribution < -0.4 is 10.4 Å². The van der Waals surface area contributed by atoms with Gasteiger partial charge < -0.3 is 0 Å². The van der Waals surface area contributed by atoms with E-state index < -0.39 is 0 Å². The molecule has 0 heterocycles. The minimum absolute atomic E-state index is 0.116. The van der Waals surface area contributed by atoms with Crippen LogP contribution in [0.5, 0.6) is 0 Å². The Labute approximate surface area is 113 Å². The molecule has 0 aliphatic heterocycles. The molecule has 1 N–H and O–H groups in total. The summed E-state index contributed by atoms with van der Waals surface area (Å²) in [5.41, 5.74) is 6.64. The molecule has 1 aromatic rings. The summed E-state index contributed by atoms with van der Waals surface area (Å²) in [6.07, 6.45) is 8.32. The highest BCUT2D eigenvalue weighted by molar-refractivity contribution is 5.53. The normalized spacial score (nSPS) is 17.7. The second-order valence-corrected chi connectivity index (χ2v) is 4.71. The van der Waals surface area contributed by atoms with Gasteiger partial charge in [-0.25, -0.2) is 9.82 Å². The summed E-state index contributed by atoms with van der Waals surface area (Å²) in [5, 5.41) is 2.03. The van der Waals surface area contributed by atoms with Crippen molar-refractivity contribution in [2.24, 2.45) is 0 Å². The lowest BCUT2D eigenvalue weighted by Gasteiger charge is -2.33.